The predicted octanol–water partition coefficient (Wildman–Crippen LogP) is 5.55. The van der Waals surface area contributed by atoms with Crippen molar-refractivity contribution < 1.29 is 14.3 Å². The van der Waals surface area contributed by atoms with Gasteiger partial charge < -0.3 is 9.47 Å². The molecule has 0 bridgehead atoms. The van der Waals surface area contributed by atoms with Crippen molar-refractivity contribution in [1.29, 1.82) is 0 Å². The van der Waals surface area contributed by atoms with E-state index in [-0.39, 0.29) is 5.97 Å². The Labute approximate surface area is 151 Å². The molecule has 2 aromatic rings. The molecule has 2 aromatic carbocycles. The van der Waals surface area contributed by atoms with E-state index in [1.165, 1.54) is 5.56 Å². The summed E-state index contributed by atoms with van der Waals surface area (Å²) in [5.74, 6) is 1.11. The molecule has 0 aliphatic rings. The number of aryl methyl sites for hydroxylation is 2. The first kappa shape index (κ1) is 19.0. The third-order valence-corrected chi connectivity index (χ3v) is 4.68. The highest BCUT2D eigenvalue weighted by Crippen LogP contribution is 2.43. The molecular weight excluding hydrogens is 312 g/mol. The van der Waals surface area contributed by atoms with Crippen LogP contribution in [0, 0.1) is 33.1 Å². The molecule has 0 saturated heterocycles. The van der Waals surface area contributed by atoms with Crippen molar-refractivity contribution in [3.05, 3.63) is 46.5 Å². The Kier molecular flexibility index (Phi) is 5.26. The molecule has 0 spiro atoms. The van der Waals surface area contributed by atoms with Gasteiger partial charge in [0.1, 0.15) is 11.5 Å². The second kappa shape index (κ2) is 6.91. The minimum absolute atomic E-state index is 0.249. The van der Waals surface area contributed by atoms with Crippen molar-refractivity contribution in [2.75, 3.05) is 7.11 Å². The van der Waals surface area contributed by atoms with Crippen LogP contribution in [0.25, 0.3) is 11.1 Å². The molecular formula is C22H28O3. The van der Waals surface area contributed by atoms with Crippen LogP contribution < -0.4 is 9.47 Å². The van der Waals surface area contributed by atoms with E-state index in [9.17, 15) is 4.79 Å². The zero-order chi connectivity index (χ0) is 18.9. The van der Waals surface area contributed by atoms with Crippen molar-refractivity contribution in [2.45, 2.75) is 48.5 Å². The van der Waals surface area contributed by atoms with Gasteiger partial charge in [-0.15, -0.1) is 0 Å². The maximum Gasteiger partial charge on any atom is 0.316 e. The molecule has 25 heavy (non-hydrogen) atoms. The highest BCUT2D eigenvalue weighted by atomic mass is 16.5. The van der Waals surface area contributed by atoms with Gasteiger partial charge in [-0.25, -0.2) is 0 Å². The van der Waals surface area contributed by atoms with E-state index in [0.29, 0.717) is 5.75 Å². The SMILES string of the molecule is COc1ccc(C)c(C)c1-c1c(OC(=O)C(C)(C)C)ccc(C)c1C. The van der Waals surface area contributed by atoms with Crippen molar-refractivity contribution in [3.63, 3.8) is 0 Å². The number of carbonyl (C=O) groups is 1. The number of hydrogen-bond acceptors (Lipinski definition) is 3. The lowest BCUT2D eigenvalue weighted by Gasteiger charge is -2.22. The molecule has 2 rings (SSSR count). The summed E-state index contributed by atoms with van der Waals surface area (Å²) in [7, 11) is 1.67. The third-order valence-electron chi connectivity index (χ3n) is 4.68. The van der Waals surface area contributed by atoms with Gasteiger partial charge >= 0.3 is 5.97 Å². The van der Waals surface area contributed by atoms with E-state index in [0.717, 1.165) is 33.6 Å². The van der Waals surface area contributed by atoms with Crippen LogP contribution in [0.2, 0.25) is 0 Å². The summed E-state index contributed by atoms with van der Waals surface area (Å²) in [5, 5.41) is 0. The molecule has 0 radical (unpaired) electrons. The highest BCUT2D eigenvalue weighted by Gasteiger charge is 2.26. The maximum atomic E-state index is 12.5. The Hall–Kier alpha value is -2.29. The van der Waals surface area contributed by atoms with Crippen LogP contribution in [0.3, 0.4) is 0 Å². The quantitative estimate of drug-likeness (QED) is 0.543. The van der Waals surface area contributed by atoms with Gasteiger partial charge in [0.2, 0.25) is 0 Å². The molecule has 0 aliphatic heterocycles. The molecule has 0 fully saturated rings. The number of carbonyl (C=O) groups excluding carboxylic acids is 1. The van der Waals surface area contributed by atoms with Crippen molar-refractivity contribution >= 4 is 5.97 Å². The number of ether oxygens (including phenoxy) is 2. The van der Waals surface area contributed by atoms with Crippen LogP contribution in [0.5, 0.6) is 11.5 Å². The lowest BCUT2D eigenvalue weighted by molar-refractivity contribution is -0.142. The number of esters is 1. The zero-order valence-corrected chi connectivity index (χ0v) is 16.5. The van der Waals surface area contributed by atoms with Gasteiger partial charge in [0.05, 0.1) is 12.5 Å². The van der Waals surface area contributed by atoms with Gasteiger partial charge in [0, 0.05) is 11.1 Å². The Bertz CT molecular complexity index is 811. The predicted molar refractivity (Wildman–Crippen MR) is 102 cm³/mol. The minimum atomic E-state index is -0.568. The Morgan fingerprint density at radius 1 is 0.800 bits per heavy atom. The van der Waals surface area contributed by atoms with Crippen LogP contribution in [0.1, 0.15) is 43.0 Å². The average Bonchev–Trinajstić information content (AvgIpc) is 2.53. The van der Waals surface area contributed by atoms with Gasteiger partial charge in [0.25, 0.3) is 0 Å². The Morgan fingerprint density at radius 2 is 1.24 bits per heavy atom. The van der Waals surface area contributed by atoms with E-state index in [4.69, 9.17) is 9.47 Å². The van der Waals surface area contributed by atoms with Crippen LogP contribution in [-0.2, 0) is 4.79 Å². The Morgan fingerprint density at radius 3 is 1.68 bits per heavy atom. The second-order valence-corrected chi connectivity index (χ2v) is 7.60. The molecule has 0 aromatic heterocycles. The van der Waals surface area contributed by atoms with Crippen molar-refractivity contribution in [1.82, 2.24) is 0 Å². The molecule has 3 nitrogen and oxygen atoms in total. The van der Waals surface area contributed by atoms with E-state index >= 15 is 0 Å². The average molecular weight is 340 g/mol. The lowest BCUT2D eigenvalue weighted by Crippen LogP contribution is -2.26. The first-order chi connectivity index (χ1) is 11.6. The molecule has 0 atom stereocenters. The fraction of sp³-hybridized carbons (Fsp3) is 0.409. The molecule has 0 aliphatic carbocycles. The summed E-state index contributed by atoms with van der Waals surface area (Å²) in [6.07, 6.45) is 0. The minimum Gasteiger partial charge on any atom is -0.496 e. The smallest absolute Gasteiger partial charge is 0.316 e. The van der Waals surface area contributed by atoms with E-state index in [1.807, 2.05) is 45.0 Å². The van der Waals surface area contributed by atoms with Gasteiger partial charge in [-0.2, -0.15) is 0 Å². The van der Waals surface area contributed by atoms with Gasteiger partial charge in [-0.3, -0.25) is 4.79 Å². The summed E-state index contributed by atoms with van der Waals surface area (Å²) in [4.78, 5) is 12.5. The fourth-order valence-electron chi connectivity index (χ4n) is 2.71. The molecule has 0 amide bonds. The lowest BCUT2D eigenvalue weighted by atomic mass is 9.90. The van der Waals surface area contributed by atoms with Gasteiger partial charge in [0.15, 0.2) is 0 Å². The number of methoxy groups -OCH3 is 1. The molecule has 134 valence electrons. The standard InChI is InChI=1S/C22H28O3/c1-13-9-11-17(24-8)19(15(13)3)20-16(4)14(2)10-12-18(20)25-21(23)22(5,6)7/h9-12H,1-8H3. The normalized spacial score (nSPS) is 11.4. The first-order valence-electron chi connectivity index (χ1n) is 8.55. The van der Waals surface area contributed by atoms with E-state index in [2.05, 4.69) is 27.7 Å². The summed E-state index contributed by atoms with van der Waals surface area (Å²) in [6.45, 7) is 13.8. The Balaban J connectivity index is 2.76. The number of hydrogen-bond donors (Lipinski definition) is 0. The molecule has 3 heteroatoms. The second-order valence-electron chi connectivity index (χ2n) is 7.60. The van der Waals surface area contributed by atoms with Crippen LogP contribution in [0.15, 0.2) is 24.3 Å². The molecule has 0 N–H and O–H groups in total. The van der Waals surface area contributed by atoms with Gasteiger partial charge in [-0.05, 0) is 82.9 Å². The third kappa shape index (κ3) is 3.71. The van der Waals surface area contributed by atoms with Crippen LogP contribution in [-0.4, -0.2) is 13.1 Å². The molecule has 0 unspecified atom stereocenters. The summed E-state index contributed by atoms with van der Waals surface area (Å²) >= 11 is 0. The molecule has 0 saturated carbocycles. The summed E-state index contributed by atoms with van der Waals surface area (Å²) < 4.78 is 11.4. The monoisotopic (exact) mass is 340 g/mol. The largest absolute Gasteiger partial charge is 0.496 e. The van der Waals surface area contributed by atoms with Crippen molar-refractivity contribution in [2.24, 2.45) is 5.41 Å². The van der Waals surface area contributed by atoms with E-state index < -0.39 is 5.41 Å². The van der Waals surface area contributed by atoms with Crippen LogP contribution in [0.4, 0.5) is 0 Å². The summed E-state index contributed by atoms with van der Waals surface area (Å²) in [5.41, 5.74) is 5.88. The fourth-order valence-corrected chi connectivity index (χ4v) is 2.71. The van der Waals surface area contributed by atoms with Crippen molar-refractivity contribution in [3.8, 4) is 22.6 Å². The van der Waals surface area contributed by atoms with Gasteiger partial charge in [-0.1, -0.05) is 12.1 Å². The number of rotatable bonds is 3. The summed E-state index contributed by atoms with van der Waals surface area (Å²) in [6, 6.07) is 7.88. The zero-order valence-electron chi connectivity index (χ0n) is 16.5. The van der Waals surface area contributed by atoms with Crippen LogP contribution >= 0.6 is 0 Å². The highest BCUT2D eigenvalue weighted by molar-refractivity contribution is 5.86. The number of benzene rings is 2. The maximum absolute atomic E-state index is 12.5. The molecule has 0 heterocycles. The van der Waals surface area contributed by atoms with E-state index in [1.54, 1.807) is 7.11 Å². The topological polar surface area (TPSA) is 35.5 Å². The first-order valence-corrected chi connectivity index (χ1v) is 8.55.